The van der Waals surface area contributed by atoms with E-state index in [1.807, 2.05) is 0 Å². The van der Waals surface area contributed by atoms with Gasteiger partial charge in [0.15, 0.2) is 6.29 Å². The van der Waals surface area contributed by atoms with Gasteiger partial charge in [-0.3, -0.25) is 4.79 Å². The summed E-state index contributed by atoms with van der Waals surface area (Å²) in [6, 6.07) is 7.85. The molecular weight excluding hydrogens is 536 g/mol. The molecule has 0 amide bonds. The number of hydrogen-bond donors (Lipinski definition) is 5. The molecule has 1 aromatic rings. The van der Waals surface area contributed by atoms with Crippen LogP contribution in [0.15, 0.2) is 42.2 Å². The highest BCUT2D eigenvalue weighted by atomic mass is 16.8. The monoisotopic (exact) mass is 568 g/mol. The second kappa shape index (κ2) is 11.4. The lowest BCUT2D eigenvalue weighted by atomic mass is 9.76. The van der Waals surface area contributed by atoms with Gasteiger partial charge in [0.1, 0.15) is 53.6 Å². The van der Waals surface area contributed by atoms with E-state index >= 15 is 0 Å². The van der Waals surface area contributed by atoms with Crippen molar-refractivity contribution in [1.29, 1.82) is 0 Å². The summed E-state index contributed by atoms with van der Waals surface area (Å²) in [4.78, 5) is 38.0. The molecule has 0 spiro atoms. The molecule has 2 fully saturated rings. The van der Waals surface area contributed by atoms with Gasteiger partial charge in [-0.25, -0.2) is 9.59 Å². The summed E-state index contributed by atoms with van der Waals surface area (Å²) in [6.45, 7) is 1.79. The number of ether oxygens (including phenoxy) is 6. The number of rotatable bonds is 7. The molecular formula is C26H32O14. The van der Waals surface area contributed by atoms with Crippen LogP contribution in [0.5, 0.6) is 0 Å². The van der Waals surface area contributed by atoms with Crippen LogP contribution in [0, 0.1) is 5.92 Å². The number of aliphatic hydroxyl groups excluding tert-OH is 4. The Morgan fingerprint density at radius 3 is 2.30 bits per heavy atom. The zero-order valence-electron chi connectivity index (χ0n) is 21.9. The maximum absolute atomic E-state index is 13.0. The molecule has 3 aliphatic rings. The van der Waals surface area contributed by atoms with E-state index in [4.69, 9.17) is 28.4 Å². The molecule has 0 radical (unpaired) electrons. The maximum atomic E-state index is 13.0. The van der Waals surface area contributed by atoms with Gasteiger partial charge in [-0.15, -0.1) is 0 Å². The van der Waals surface area contributed by atoms with Crippen LogP contribution < -0.4 is 0 Å². The molecule has 40 heavy (non-hydrogen) atoms. The van der Waals surface area contributed by atoms with Crippen molar-refractivity contribution in [2.24, 2.45) is 5.92 Å². The summed E-state index contributed by atoms with van der Waals surface area (Å²) < 4.78 is 32.9. The van der Waals surface area contributed by atoms with Gasteiger partial charge in [-0.1, -0.05) is 18.2 Å². The molecule has 0 aromatic heterocycles. The molecule has 1 saturated carbocycles. The van der Waals surface area contributed by atoms with E-state index in [1.165, 1.54) is 19.1 Å². The van der Waals surface area contributed by atoms with Crippen LogP contribution in [-0.2, 0) is 38.0 Å². The van der Waals surface area contributed by atoms with Gasteiger partial charge in [0.2, 0.25) is 6.29 Å². The second-order valence-electron chi connectivity index (χ2n) is 10.0. The first-order valence-corrected chi connectivity index (χ1v) is 12.5. The first-order valence-electron chi connectivity index (χ1n) is 12.5. The van der Waals surface area contributed by atoms with Crippen molar-refractivity contribution >= 4 is 17.9 Å². The second-order valence-corrected chi connectivity index (χ2v) is 10.0. The Morgan fingerprint density at radius 2 is 1.70 bits per heavy atom. The third-order valence-corrected chi connectivity index (χ3v) is 7.39. The van der Waals surface area contributed by atoms with E-state index in [1.54, 1.807) is 18.2 Å². The fourth-order valence-corrected chi connectivity index (χ4v) is 5.54. The first-order chi connectivity index (χ1) is 18.9. The third-order valence-electron chi connectivity index (χ3n) is 7.39. The molecule has 2 heterocycles. The third kappa shape index (κ3) is 5.19. The van der Waals surface area contributed by atoms with E-state index in [0.29, 0.717) is 0 Å². The Balaban J connectivity index is 1.75. The standard InChI is InChI=1S/C26H32O14/c1-12(28)40-25(2)9-16(38-21(32)13-7-5-4-6-8-13)26(34)14(22(33)35-3)11-36-24(20(25)26)39-23-19(31)18(30)17(29)15(10-27)37-23/h4-8,11,15-20,23-24,27,29-31,34H,9-10H2,1-3H3. The van der Waals surface area contributed by atoms with Crippen molar-refractivity contribution < 1.29 is 68.3 Å². The fourth-order valence-electron chi connectivity index (χ4n) is 5.54. The quantitative estimate of drug-likeness (QED) is 0.188. The number of methoxy groups -OCH3 is 1. The van der Waals surface area contributed by atoms with Gasteiger partial charge < -0.3 is 54.0 Å². The summed E-state index contributed by atoms with van der Waals surface area (Å²) in [5.41, 5.74) is -4.43. The summed E-state index contributed by atoms with van der Waals surface area (Å²) in [6.07, 6.45) is -11.0. The van der Waals surface area contributed by atoms with Gasteiger partial charge in [0.25, 0.3) is 0 Å². The van der Waals surface area contributed by atoms with Gasteiger partial charge in [-0.05, 0) is 19.1 Å². The Kier molecular flexibility index (Phi) is 8.52. The minimum Gasteiger partial charge on any atom is -0.471 e. The molecule has 14 heteroatoms. The van der Waals surface area contributed by atoms with Crippen molar-refractivity contribution in [3.63, 3.8) is 0 Å². The summed E-state index contributed by atoms with van der Waals surface area (Å²) in [5.74, 6) is -4.15. The molecule has 4 rings (SSSR count). The van der Waals surface area contributed by atoms with Crippen molar-refractivity contribution in [3.05, 3.63) is 47.7 Å². The lowest BCUT2D eigenvalue weighted by molar-refractivity contribution is -0.352. The van der Waals surface area contributed by atoms with Crippen molar-refractivity contribution in [1.82, 2.24) is 0 Å². The lowest BCUT2D eigenvalue weighted by Crippen LogP contribution is -2.63. The van der Waals surface area contributed by atoms with Crippen LogP contribution in [0.4, 0.5) is 0 Å². The Morgan fingerprint density at radius 1 is 1.02 bits per heavy atom. The van der Waals surface area contributed by atoms with Crippen LogP contribution in [0.3, 0.4) is 0 Å². The van der Waals surface area contributed by atoms with Gasteiger partial charge in [0.05, 0.1) is 25.2 Å². The predicted octanol–water partition coefficient (Wildman–Crippen LogP) is -1.49. The molecule has 1 saturated heterocycles. The number of hydrogen-bond acceptors (Lipinski definition) is 14. The Labute approximate surface area is 228 Å². The number of aliphatic hydroxyl groups is 5. The lowest BCUT2D eigenvalue weighted by Gasteiger charge is -2.47. The molecule has 2 aliphatic heterocycles. The first kappa shape index (κ1) is 29.9. The molecule has 5 N–H and O–H groups in total. The average Bonchev–Trinajstić information content (AvgIpc) is 3.14. The highest BCUT2D eigenvalue weighted by molar-refractivity contribution is 5.92. The van der Waals surface area contributed by atoms with Crippen LogP contribution in [-0.4, -0.2) is 111 Å². The largest absolute Gasteiger partial charge is 0.471 e. The molecule has 14 nitrogen and oxygen atoms in total. The van der Waals surface area contributed by atoms with E-state index < -0.39 is 90.3 Å². The smallest absolute Gasteiger partial charge is 0.339 e. The van der Waals surface area contributed by atoms with Crippen LogP contribution in [0.1, 0.15) is 30.6 Å². The average molecular weight is 569 g/mol. The SMILES string of the molecule is COC(=O)C1=COC(OC2OC(CO)C(O)C(O)C2O)C2C(C)(OC(C)=O)CC(OC(=O)c3ccccc3)C12O. The normalized spacial score (nSPS) is 38.9. The topological polar surface area (TPSA) is 208 Å². The minimum absolute atomic E-state index is 0.147. The molecule has 10 unspecified atom stereocenters. The highest BCUT2D eigenvalue weighted by Gasteiger charge is 2.71. The number of benzene rings is 1. The minimum atomic E-state index is -2.42. The fraction of sp³-hybridized carbons (Fsp3) is 0.577. The molecule has 220 valence electrons. The zero-order chi connectivity index (χ0) is 29.4. The number of esters is 3. The summed E-state index contributed by atoms with van der Waals surface area (Å²) in [5, 5.41) is 52.5. The van der Waals surface area contributed by atoms with Crippen LogP contribution in [0.25, 0.3) is 0 Å². The Bertz CT molecular complexity index is 1140. The zero-order valence-corrected chi connectivity index (χ0v) is 21.9. The highest BCUT2D eigenvalue weighted by Crippen LogP contribution is 2.55. The van der Waals surface area contributed by atoms with Gasteiger partial charge in [0, 0.05) is 13.3 Å². The van der Waals surface area contributed by atoms with E-state index in [-0.39, 0.29) is 12.0 Å². The number of carbonyl (C=O) groups is 3. The van der Waals surface area contributed by atoms with Gasteiger partial charge in [-0.2, -0.15) is 0 Å². The maximum Gasteiger partial charge on any atom is 0.339 e. The van der Waals surface area contributed by atoms with E-state index in [2.05, 4.69) is 0 Å². The Hall–Kier alpha value is -3.11. The van der Waals surface area contributed by atoms with Gasteiger partial charge >= 0.3 is 17.9 Å². The molecule has 10 atom stereocenters. The molecule has 1 aliphatic carbocycles. The predicted molar refractivity (Wildman–Crippen MR) is 129 cm³/mol. The van der Waals surface area contributed by atoms with Crippen molar-refractivity contribution in [2.75, 3.05) is 13.7 Å². The summed E-state index contributed by atoms with van der Waals surface area (Å²) >= 11 is 0. The summed E-state index contributed by atoms with van der Waals surface area (Å²) in [7, 11) is 1.06. The van der Waals surface area contributed by atoms with Crippen molar-refractivity contribution in [2.45, 2.75) is 74.6 Å². The van der Waals surface area contributed by atoms with Crippen molar-refractivity contribution in [3.8, 4) is 0 Å². The number of fused-ring (bicyclic) bond motifs is 1. The number of carbonyl (C=O) groups excluding carboxylic acids is 3. The van der Waals surface area contributed by atoms with E-state index in [9.17, 15) is 39.9 Å². The molecule has 1 aromatic carbocycles. The molecule has 0 bridgehead atoms. The van der Waals surface area contributed by atoms with E-state index in [0.717, 1.165) is 20.3 Å². The van der Waals surface area contributed by atoms with Crippen LogP contribution in [0.2, 0.25) is 0 Å². The van der Waals surface area contributed by atoms with Crippen LogP contribution >= 0.6 is 0 Å².